The minimum absolute atomic E-state index is 0.00758. The second-order valence-corrected chi connectivity index (χ2v) is 18.4. The van der Waals surface area contributed by atoms with E-state index in [9.17, 15) is 32.7 Å². The van der Waals surface area contributed by atoms with Gasteiger partial charge in [0.2, 0.25) is 5.76 Å². The van der Waals surface area contributed by atoms with Crippen LogP contribution in [0.15, 0.2) is 94.1 Å². The average Bonchev–Trinajstić information content (AvgIpc) is 3.78. The summed E-state index contributed by atoms with van der Waals surface area (Å²) in [6.45, 7) is 18.2. The molecule has 11 nitrogen and oxygen atoms in total. The molecule has 1 saturated heterocycles. The van der Waals surface area contributed by atoms with Crippen LogP contribution in [-0.4, -0.2) is 58.4 Å². The molecular weight excluding hydrogens is 943 g/mol. The molecule has 5 aromatic rings. The summed E-state index contributed by atoms with van der Waals surface area (Å²) in [5.41, 5.74) is 1.60. The number of aryl methyl sites for hydroxylation is 1. The third kappa shape index (κ3) is 15.0. The predicted molar refractivity (Wildman–Crippen MR) is 247 cm³/mol. The molecule has 0 unspecified atom stereocenters. The number of ether oxygens (including phenoxy) is 2. The molecule has 1 aliphatic rings. The number of carboxylic acids is 1. The minimum Gasteiger partial charge on any atom is -0.496 e. The lowest BCUT2D eigenvalue weighted by molar-refractivity contribution is -0.153. The molecule has 3 heterocycles. The van der Waals surface area contributed by atoms with E-state index in [-0.39, 0.29) is 17.5 Å². The van der Waals surface area contributed by atoms with Crippen molar-refractivity contribution in [1.82, 2.24) is 10.3 Å². The summed E-state index contributed by atoms with van der Waals surface area (Å²) < 4.78 is 63.9. The number of benzene rings is 3. The highest BCUT2D eigenvalue weighted by atomic mass is 79.9. The summed E-state index contributed by atoms with van der Waals surface area (Å²) in [4.78, 5) is 37.9. The maximum atomic E-state index is 12.2. The van der Waals surface area contributed by atoms with Crippen molar-refractivity contribution in [1.29, 1.82) is 0 Å². The van der Waals surface area contributed by atoms with Crippen LogP contribution in [0.1, 0.15) is 101 Å². The maximum absolute atomic E-state index is 12.2. The number of rotatable bonds is 8. The quantitative estimate of drug-likeness (QED) is 0.0666. The van der Waals surface area contributed by atoms with Crippen LogP contribution in [-0.2, 0) is 42.9 Å². The molecule has 6 rings (SSSR count). The Morgan fingerprint density at radius 2 is 1.53 bits per heavy atom. The Labute approximate surface area is 390 Å². The monoisotopic (exact) mass is 994 g/mol. The molecule has 0 radical (unpaired) electrons. The van der Waals surface area contributed by atoms with Gasteiger partial charge in [-0.15, -0.1) is 11.6 Å². The third-order valence-electron chi connectivity index (χ3n) is 10.0. The number of amides is 1. The number of pyridine rings is 1. The number of methoxy groups -OCH3 is 1. The standard InChI is InChI=1S/C16H23BO4.C12H9ClO.C11H14F3NO3.C7H7BrClNO/c1-14(2,13(18)19)11-8-7-9-12(10-11)17-20-15(3,4)16(5,6)21-17;1-8-6-7-9-4-2-3-5-10(9)11(8)12(13)14;1-10(2,3)18-9(16)15-6-7-4-5-8(17-7)11(12,13)14;1-11-6-2-7(8)10-4-5(6)3-9/h7-10H,1-6H3,(H,18,19);2-7H,1H3;4-5H,6H2,1-3H3,(H,15,16);2,4H,3H2,1H3. The molecule has 346 valence electrons. The molecule has 18 heteroatoms. The van der Waals surface area contributed by atoms with E-state index in [1.165, 1.54) is 0 Å². The predicted octanol–water partition coefficient (Wildman–Crippen LogP) is 11.8. The van der Waals surface area contributed by atoms with Crippen LogP contribution in [0.5, 0.6) is 5.75 Å². The molecule has 1 aliphatic heterocycles. The Morgan fingerprint density at radius 3 is 2.06 bits per heavy atom. The van der Waals surface area contributed by atoms with Gasteiger partial charge in [0.05, 0.1) is 36.2 Å². The third-order valence-corrected chi connectivity index (χ3v) is 10.9. The number of furan rings is 1. The summed E-state index contributed by atoms with van der Waals surface area (Å²) in [5.74, 6) is -0.754. The van der Waals surface area contributed by atoms with Crippen molar-refractivity contribution in [3.8, 4) is 5.75 Å². The molecule has 1 fully saturated rings. The van der Waals surface area contributed by atoms with Crippen molar-refractivity contribution < 1.29 is 55.9 Å². The van der Waals surface area contributed by atoms with Gasteiger partial charge in [-0.1, -0.05) is 60.7 Å². The van der Waals surface area contributed by atoms with Gasteiger partial charge in [0, 0.05) is 23.4 Å². The summed E-state index contributed by atoms with van der Waals surface area (Å²) in [6.07, 6.45) is -3.55. The van der Waals surface area contributed by atoms with Crippen LogP contribution in [0.4, 0.5) is 18.0 Å². The Hall–Kier alpha value is -4.61. The SMILES string of the molecule is CC(C)(C(=O)O)c1cccc(B2OC(C)(C)C(C)(C)O2)c1.CC(C)(C)OC(=O)NCc1ccc(C(F)(F)F)o1.COc1cc(Br)ncc1CCl.Cc1ccc2ccccc2c1C(=O)Cl. The van der Waals surface area contributed by atoms with Crippen molar-refractivity contribution in [2.24, 2.45) is 0 Å². The van der Waals surface area contributed by atoms with E-state index < -0.39 is 53.3 Å². The van der Waals surface area contributed by atoms with Crippen molar-refractivity contribution >= 4 is 79.8 Å². The lowest BCUT2D eigenvalue weighted by Crippen LogP contribution is -2.41. The highest BCUT2D eigenvalue weighted by Crippen LogP contribution is 2.37. The molecule has 0 aliphatic carbocycles. The van der Waals surface area contributed by atoms with Crippen LogP contribution in [0.25, 0.3) is 10.8 Å². The molecule has 0 atom stereocenters. The number of carbonyl (C=O) groups is 3. The number of hydrogen-bond donors (Lipinski definition) is 2. The molecule has 0 bridgehead atoms. The summed E-state index contributed by atoms with van der Waals surface area (Å²) in [7, 11) is 1.14. The van der Waals surface area contributed by atoms with Crippen molar-refractivity contribution in [3.63, 3.8) is 0 Å². The maximum Gasteiger partial charge on any atom is 0.494 e. The first-order valence-electron chi connectivity index (χ1n) is 19.8. The molecule has 2 N–H and O–H groups in total. The molecule has 2 aromatic heterocycles. The summed E-state index contributed by atoms with van der Waals surface area (Å²) >= 11 is 14.4. The van der Waals surface area contributed by atoms with E-state index in [2.05, 4.69) is 30.6 Å². The van der Waals surface area contributed by atoms with E-state index in [0.29, 0.717) is 11.4 Å². The van der Waals surface area contributed by atoms with Crippen molar-refractivity contribution in [2.75, 3.05) is 7.11 Å². The van der Waals surface area contributed by atoms with Gasteiger partial charge < -0.3 is 33.6 Å². The van der Waals surface area contributed by atoms with Crippen LogP contribution < -0.4 is 15.5 Å². The van der Waals surface area contributed by atoms with Crippen LogP contribution >= 0.6 is 39.1 Å². The number of aliphatic carboxylic acids is 1. The molecule has 0 spiro atoms. The number of aromatic nitrogens is 1. The van der Waals surface area contributed by atoms with E-state index in [1.54, 1.807) is 54.0 Å². The highest BCUT2D eigenvalue weighted by Gasteiger charge is 2.52. The lowest BCUT2D eigenvalue weighted by atomic mass is 9.75. The fraction of sp³-hybridized carbons (Fsp3) is 0.391. The number of alkyl carbamates (subject to hydrolysis) is 1. The normalized spacial score (nSPS) is 14.2. The highest BCUT2D eigenvalue weighted by molar-refractivity contribution is 9.10. The fourth-order valence-corrected chi connectivity index (χ4v) is 6.41. The number of nitrogens with zero attached hydrogens (tertiary/aromatic N) is 1. The number of fused-ring (bicyclic) bond motifs is 1. The largest absolute Gasteiger partial charge is 0.496 e. The van der Waals surface area contributed by atoms with Gasteiger partial charge in [0.15, 0.2) is 0 Å². The summed E-state index contributed by atoms with van der Waals surface area (Å²) in [5, 5.41) is 13.2. The zero-order valence-corrected chi connectivity index (χ0v) is 40.6. The number of hydrogen-bond acceptors (Lipinski definition) is 9. The van der Waals surface area contributed by atoms with Gasteiger partial charge in [0.25, 0.3) is 5.24 Å². The summed E-state index contributed by atoms with van der Waals surface area (Å²) in [6, 6.07) is 22.8. The second kappa shape index (κ2) is 22.1. The Balaban J connectivity index is 0.000000233. The van der Waals surface area contributed by atoms with Crippen molar-refractivity contribution in [3.05, 3.63) is 123 Å². The van der Waals surface area contributed by atoms with E-state index in [0.717, 1.165) is 55.4 Å². The van der Waals surface area contributed by atoms with Crippen LogP contribution in [0.2, 0.25) is 0 Å². The van der Waals surface area contributed by atoms with Gasteiger partial charge in [-0.3, -0.25) is 9.59 Å². The van der Waals surface area contributed by atoms with Gasteiger partial charge in [-0.25, -0.2) is 9.78 Å². The van der Waals surface area contributed by atoms with Gasteiger partial charge >= 0.3 is 25.4 Å². The van der Waals surface area contributed by atoms with Crippen LogP contribution in [0, 0.1) is 6.92 Å². The smallest absolute Gasteiger partial charge is 0.494 e. The first kappa shape index (κ1) is 53.7. The number of nitrogens with one attached hydrogen (secondary N) is 1. The molecule has 3 aromatic carbocycles. The fourth-order valence-electron chi connectivity index (χ4n) is 5.65. The number of carboxylic acid groups (broad SMARTS) is 1. The van der Waals surface area contributed by atoms with E-state index >= 15 is 0 Å². The van der Waals surface area contributed by atoms with Gasteiger partial charge in [-0.2, -0.15) is 13.2 Å². The average molecular weight is 997 g/mol. The number of alkyl halides is 4. The topological polar surface area (TPSA) is 146 Å². The van der Waals surface area contributed by atoms with Crippen molar-refractivity contribution in [2.45, 2.75) is 110 Å². The first-order valence-corrected chi connectivity index (χ1v) is 21.5. The second-order valence-electron chi connectivity index (χ2n) is 17.0. The van der Waals surface area contributed by atoms with E-state index in [4.69, 9.17) is 42.0 Å². The first-order chi connectivity index (χ1) is 29.5. The molecule has 64 heavy (non-hydrogen) atoms. The van der Waals surface area contributed by atoms with Crippen LogP contribution in [0.3, 0.4) is 0 Å². The molecular formula is C46H53BBrCl2F3N2O9. The van der Waals surface area contributed by atoms with E-state index in [1.807, 2.05) is 95.3 Å². The Kier molecular flexibility index (Phi) is 18.5. The minimum atomic E-state index is -4.52. The lowest BCUT2D eigenvalue weighted by Gasteiger charge is -2.32. The zero-order valence-electron chi connectivity index (χ0n) is 37.5. The number of halogens is 6. The Morgan fingerprint density at radius 1 is 0.906 bits per heavy atom. The molecule has 0 saturated carbocycles. The number of carbonyl (C=O) groups excluding carboxylic acids is 2. The zero-order chi connectivity index (χ0) is 48.4. The van der Waals surface area contributed by atoms with Gasteiger partial charge in [-0.05, 0) is 136 Å². The Bertz CT molecular complexity index is 2390. The molecule has 1 amide bonds. The van der Waals surface area contributed by atoms with Gasteiger partial charge in [0.1, 0.15) is 21.7 Å².